The Morgan fingerprint density at radius 2 is 2.06 bits per heavy atom. The number of halogens is 3. The predicted octanol–water partition coefficient (Wildman–Crippen LogP) is 2.19. The van der Waals surface area contributed by atoms with E-state index in [1.54, 1.807) is 7.05 Å². The van der Waals surface area contributed by atoms with Gasteiger partial charge in [0.15, 0.2) is 0 Å². The summed E-state index contributed by atoms with van der Waals surface area (Å²) in [6.07, 6.45) is -1.13. The van der Waals surface area contributed by atoms with Crippen molar-refractivity contribution < 1.29 is 18.3 Å². The Bertz CT molecular complexity index is 363. The molecular formula is C11H14F3NO. The lowest BCUT2D eigenvalue weighted by Crippen LogP contribution is -2.18. The lowest BCUT2D eigenvalue weighted by atomic mass is 10.0. The van der Waals surface area contributed by atoms with Gasteiger partial charge in [-0.15, -0.1) is 0 Å². The van der Waals surface area contributed by atoms with Crippen molar-refractivity contribution in [2.24, 2.45) is 0 Å². The standard InChI is InChI=1S/C11H14F3NO/c1-11(13,14)7-3-4-9(12)8(5-7)10(16)6-15-2/h3-5,10,15-16H,6H2,1-2H3. The van der Waals surface area contributed by atoms with Crippen molar-refractivity contribution in [2.75, 3.05) is 13.6 Å². The molecule has 0 spiro atoms. The smallest absolute Gasteiger partial charge is 0.270 e. The van der Waals surface area contributed by atoms with E-state index in [1.165, 1.54) is 0 Å². The number of alkyl halides is 2. The molecule has 0 heterocycles. The van der Waals surface area contributed by atoms with Crippen molar-refractivity contribution in [3.05, 3.63) is 35.1 Å². The normalized spacial score (nSPS) is 13.9. The predicted molar refractivity (Wildman–Crippen MR) is 54.9 cm³/mol. The molecule has 1 aromatic carbocycles. The van der Waals surface area contributed by atoms with Gasteiger partial charge in [-0.25, -0.2) is 13.2 Å². The number of hydrogen-bond acceptors (Lipinski definition) is 2. The third kappa shape index (κ3) is 2.96. The van der Waals surface area contributed by atoms with Gasteiger partial charge >= 0.3 is 0 Å². The van der Waals surface area contributed by atoms with E-state index < -0.39 is 17.8 Å². The van der Waals surface area contributed by atoms with Gasteiger partial charge in [0.2, 0.25) is 0 Å². The monoisotopic (exact) mass is 233 g/mol. The van der Waals surface area contributed by atoms with E-state index in [9.17, 15) is 18.3 Å². The Labute approximate surface area is 92.1 Å². The summed E-state index contributed by atoms with van der Waals surface area (Å²) in [6.45, 7) is 0.837. The fraction of sp³-hybridized carbons (Fsp3) is 0.455. The molecular weight excluding hydrogens is 219 g/mol. The van der Waals surface area contributed by atoms with Gasteiger partial charge in [0.05, 0.1) is 6.10 Å². The fourth-order valence-electron chi connectivity index (χ4n) is 1.38. The molecule has 1 unspecified atom stereocenters. The molecule has 1 rings (SSSR count). The van der Waals surface area contributed by atoms with Crippen LogP contribution in [0.3, 0.4) is 0 Å². The van der Waals surface area contributed by atoms with Crippen LogP contribution < -0.4 is 5.32 Å². The maximum absolute atomic E-state index is 13.3. The van der Waals surface area contributed by atoms with E-state index in [-0.39, 0.29) is 17.7 Å². The van der Waals surface area contributed by atoms with Crippen LogP contribution >= 0.6 is 0 Å². The van der Waals surface area contributed by atoms with E-state index >= 15 is 0 Å². The average Bonchev–Trinajstić information content (AvgIpc) is 2.16. The molecule has 0 aliphatic carbocycles. The van der Waals surface area contributed by atoms with Crippen LogP contribution in [-0.4, -0.2) is 18.7 Å². The average molecular weight is 233 g/mol. The molecule has 16 heavy (non-hydrogen) atoms. The van der Waals surface area contributed by atoms with Crippen LogP contribution in [0.5, 0.6) is 0 Å². The minimum absolute atomic E-state index is 0.107. The van der Waals surface area contributed by atoms with Crippen molar-refractivity contribution in [1.82, 2.24) is 5.32 Å². The molecule has 5 heteroatoms. The van der Waals surface area contributed by atoms with Crippen LogP contribution in [0.15, 0.2) is 18.2 Å². The van der Waals surface area contributed by atoms with Crippen molar-refractivity contribution in [3.8, 4) is 0 Å². The lowest BCUT2D eigenvalue weighted by Gasteiger charge is -2.16. The van der Waals surface area contributed by atoms with Gasteiger partial charge in [0.1, 0.15) is 5.82 Å². The summed E-state index contributed by atoms with van der Waals surface area (Å²) in [5, 5.41) is 12.2. The molecule has 90 valence electrons. The molecule has 1 aromatic rings. The maximum Gasteiger partial charge on any atom is 0.270 e. The van der Waals surface area contributed by atoms with Crippen LogP contribution in [0.25, 0.3) is 0 Å². The molecule has 2 N–H and O–H groups in total. The number of aliphatic hydroxyl groups excluding tert-OH is 1. The molecule has 0 aromatic heterocycles. The number of aliphatic hydroxyl groups is 1. The summed E-state index contributed by atoms with van der Waals surface area (Å²) in [7, 11) is 1.58. The minimum atomic E-state index is -3.04. The van der Waals surface area contributed by atoms with Gasteiger partial charge in [-0.2, -0.15) is 0 Å². The van der Waals surface area contributed by atoms with Crippen LogP contribution in [-0.2, 0) is 5.92 Å². The summed E-state index contributed by atoms with van der Waals surface area (Å²) in [5.41, 5.74) is -0.424. The van der Waals surface area contributed by atoms with Gasteiger partial charge in [-0.3, -0.25) is 0 Å². The summed E-state index contributed by atoms with van der Waals surface area (Å²) >= 11 is 0. The van der Waals surface area contributed by atoms with E-state index in [0.717, 1.165) is 25.1 Å². The van der Waals surface area contributed by atoms with E-state index in [0.29, 0.717) is 0 Å². The van der Waals surface area contributed by atoms with Crippen molar-refractivity contribution >= 4 is 0 Å². The molecule has 0 radical (unpaired) electrons. The molecule has 0 saturated carbocycles. The van der Waals surface area contributed by atoms with E-state index in [1.807, 2.05) is 0 Å². The quantitative estimate of drug-likeness (QED) is 0.835. The number of likely N-dealkylation sites (N-methyl/N-ethyl adjacent to an activating group) is 1. The van der Waals surface area contributed by atoms with E-state index in [4.69, 9.17) is 0 Å². The Balaban J connectivity index is 3.09. The van der Waals surface area contributed by atoms with Gasteiger partial charge in [-0.05, 0) is 19.2 Å². The SMILES string of the molecule is CNCC(O)c1cc(C(C)(F)F)ccc1F. The Kier molecular flexibility index (Phi) is 3.93. The zero-order chi connectivity index (χ0) is 12.3. The Morgan fingerprint density at radius 1 is 1.44 bits per heavy atom. The number of rotatable bonds is 4. The first kappa shape index (κ1) is 13.0. The third-order valence-electron chi connectivity index (χ3n) is 2.26. The Morgan fingerprint density at radius 3 is 2.56 bits per heavy atom. The first-order chi connectivity index (χ1) is 7.36. The van der Waals surface area contributed by atoms with E-state index in [2.05, 4.69) is 5.32 Å². The topological polar surface area (TPSA) is 32.3 Å². The zero-order valence-corrected chi connectivity index (χ0v) is 9.10. The molecule has 1 atom stereocenters. The first-order valence-electron chi connectivity index (χ1n) is 4.86. The highest BCUT2D eigenvalue weighted by Crippen LogP contribution is 2.29. The molecule has 0 aliphatic rings. The summed E-state index contributed by atoms with van der Waals surface area (Å²) in [5.74, 6) is -3.72. The summed E-state index contributed by atoms with van der Waals surface area (Å²) in [4.78, 5) is 0. The maximum atomic E-state index is 13.3. The minimum Gasteiger partial charge on any atom is -0.387 e. The molecule has 2 nitrogen and oxygen atoms in total. The third-order valence-corrected chi connectivity index (χ3v) is 2.26. The number of nitrogens with one attached hydrogen (secondary N) is 1. The van der Waals surface area contributed by atoms with Gasteiger partial charge in [-0.1, -0.05) is 6.07 Å². The lowest BCUT2D eigenvalue weighted by molar-refractivity contribution is 0.0171. The van der Waals surface area contributed by atoms with Crippen molar-refractivity contribution in [1.29, 1.82) is 0 Å². The second kappa shape index (κ2) is 4.84. The van der Waals surface area contributed by atoms with Crippen LogP contribution in [0.2, 0.25) is 0 Å². The highest BCUT2D eigenvalue weighted by atomic mass is 19.3. The van der Waals surface area contributed by atoms with Crippen LogP contribution in [0.1, 0.15) is 24.2 Å². The molecule has 0 saturated heterocycles. The second-order valence-corrected chi connectivity index (χ2v) is 3.70. The highest BCUT2D eigenvalue weighted by molar-refractivity contribution is 5.29. The molecule has 0 bridgehead atoms. The zero-order valence-electron chi connectivity index (χ0n) is 9.10. The highest BCUT2D eigenvalue weighted by Gasteiger charge is 2.26. The van der Waals surface area contributed by atoms with Crippen LogP contribution in [0.4, 0.5) is 13.2 Å². The fourth-order valence-corrected chi connectivity index (χ4v) is 1.38. The van der Waals surface area contributed by atoms with Gasteiger partial charge in [0, 0.05) is 24.6 Å². The largest absolute Gasteiger partial charge is 0.387 e. The molecule has 0 fully saturated rings. The van der Waals surface area contributed by atoms with Crippen molar-refractivity contribution in [3.63, 3.8) is 0 Å². The van der Waals surface area contributed by atoms with Crippen LogP contribution in [0, 0.1) is 5.82 Å². The summed E-state index contributed by atoms with van der Waals surface area (Å²) in [6, 6.07) is 2.96. The second-order valence-electron chi connectivity index (χ2n) is 3.70. The summed E-state index contributed by atoms with van der Waals surface area (Å²) < 4.78 is 39.3. The molecule has 0 aliphatic heterocycles. The van der Waals surface area contributed by atoms with Gasteiger partial charge < -0.3 is 10.4 Å². The van der Waals surface area contributed by atoms with Crippen molar-refractivity contribution in [2.45, 2.75) is 19.0 Å². The molecule has 0 amide bonds. The first-order valence-corrected chi connectivity index (χ1v) is 4.86. The Hall–Kier alpha value is -1.07. The number of hydrogen-bond donors (Lipinski definition) is 2. The van der Waals surface area contributed by atoms with Gasteiger partial charge in [0.25, 0.3) is 5.92 Å². The number of benzene rings is 1.